The van der Waals surface area contributed by atoms with Crippen molar-refractivity contribution in [2.75, 3.05) is 0 Å². The Labute approximate surface area is 284 Å². The van der Waals surface area contributed by atoms with E-state index in [1.165, 1.54) is 5.56 Å². The number of hydrogen-bond acceptors (Lipinski definition) is 4. The normalized spacial score (nSPS) is 11.3. The zero-order valence-corrected chi connectivity index (χ0v) is 26.5. The highest BCUT2D eigenvalue weighted by atomic mass is 16.3. The fourth-order valence-corrected chi connectivity index (χ4v) is 6.50. The molecular formula is C45H29N3O. The highest BCUT2D eigenvalue weighted by Gasteiger charge is 2.17. The van der Waals surface area contributed by atoms with Crippen LogP contribution in [0.25, 0.3) is 89.2 Å². The zero-order valence-electron chi connectivity index (χ0n) is 26.5. The lowest BCUT2D eigenvalue weighted by molar-refractivity contribution is 0.669. The van der Waals surface area contributed by atoms with Crippen LogP contribution in [0.1, 0.15) is 0 Å². The molecule has 0 fully saturated rings. The van der Waals surface area contributed by atoms with Crippen molar-refractivity contribution in [3.8, 4) is 67.3 Å². The Bertz CT molecular complexity index is 2570. The first-order valence-electron chi connectivity index (χ1n) is 16.3. The van der Waals surface area contributed by atoms with Gasteiger partial charge in [0.25, 0.3) is 0 Å². The molecule has 0 aliphatic carbocycles. The minimum absolute atomic E-state index is 0.623. The van der Waals surface area contributed by atoms with Crippen LogP contribution in [-0.2, 0) is 0 Å². The topological polar surface area (TPSA) is 51.8 Å². The van der Waals surface area contributed by atoms with Gasteiger partial charge in [-0.1, -0.05) is 133 Å². The first-order chi connectivity index (χ1) is 24.3. The molecule has 9 rings (SSSR count). The summed E-state index contributed by atoms with van der Waals surface area (Å²) in [6.07, 6.45) is 3.69. The van der Waals surface area contributed by atoms with Crippen LogP contribution in [-0.4, -0.2) is 15.0 Å². The number of fused-ring (bicyclic) bond motifs is 3. The van der Waals surface area contributed by atoms with Crippen molar-refractivity contribution < 1.29 is 4.42 Å². The highest BCUT2D eigenvalue weighted by Crippen LogP contribution is 2.37. The summed E-state index contributed by atoms with van der Waals surface area (Å²) in [4.78, 5) is 14.6. The molecule has 0 aliphatic heterocycles. The number of aromatic nitrogens is 3. The van der Waals surface area contributed by atoms with Crippen molar-refractivity contribution in [1.82, 2.24) is 15.0 Å². The predicted octanol–water partition coefficient (Wildman–Crippen LogP) is 11.8. The molecule has 3 aromatic heterocycles. The Balaban J connectivity index is 1.15. The second-order valence-corrected chi connectivity index (χ2v) is 12.1. The molecule has 0 aliphatic rings. The first kappa shape index (κ1) is 28.6. The average molecular weight is 628 g/mol. The molecule has 49 heavy (non-hydrogen) atoms. The SMILES string of the molecule is c1ccc(-c2ccc(-c3cc(-c4ccc(-c5cccc(-c6cccnc6)c5)cc4)nc(-c4cccc5c4oc4ccccc45)n3)cc2)cc1. The Morgan fingerprint density at radius 1 is 0.388 bits per heavy atom. The van der Waals surface area contributed by atoms with Crippen LogP contribution in [0.2, 0.25) is 0 Å². The minimum atomic E-state index is 0.623. The van der Waals surface area contributed by atoms with Crippen LogP contribution in [0.3, 0.4) is 0 Å². The van der Waals surface area contributed by atoms with E-state index in [1.807, 2.05) is 42.6 Å². The predicted molar refractivity (Wildman–Crippen MR) is 200 cm³/mol. The molecule has 3 heterocycles. The van der Waals surface area contributed by atoms with Gasteiger partial charge in [-0.25, -0.2) is 9.97 Å². The number of rotatable bonds is 6. The number of benzene rings is 6. The molecule has 9 aromatic rings. The summed E-state index contributed by atoms with van der Waals surface area (Å²) in [7, 11) is 0. The molecule has 0 saturated heterocycles. The maximum atomic E-state index is 6.42. The maximum absolute atomic E-state index is 6.42. The summed E-state index contributed by atoms with van der Waals surface area (Å²) in [5.41, 5.74) is 13.1. The molecule has 0 unspecified atom stereocenters. The largest absolute Gasteiger partial charge is 0.455 e. The minimum Gasteiger partial charge on any atom is -0.455 e. The van der Waals surface area contributed by atoms with Crippen LogP contribution < -0.4 is 0 Å². The Morgan fingerprint density at radius 2 is 0.939 bits per heavy atom. The molecule has 0 saturated carbocycles. The summed E-state index contributed by atoms with van der Waals surface area (Å²) in [5.74, 6) is 0.623. The third-order valence-electron chi connectivity index (χ3n) is 9.03. The highest BCUT2D eigenvalue weighted by molar-refractivity contribution is 6.09. The molecule has 0 radical (unpaired) electrons. The second kappa shape index (κ2) is 12.2. The molecular weight excluding hydrogens is 599 g/mol. The van der Waals surface area contributed by atoms with Crippen molar-refractivity contribution in [1.29, 1.82) is 0 Å². The van der Waals surface area contributed by atoms with Gasteiger partial charge in [0.1, 0.15) is 11.2 Å². The van der Waals surface area contributed by atoms with Gasteiger partial charge in [0.15, 0.2) is 5.82 Å². The van der Waals surface area contributed by atoms with E-state index >= 15 is 0 Å². The fourth-order valence-electron chi connectivity index (χ4n) is 6.50. The van der Waals surface area contributed by atoms with Gasteiger partial charge in [0.2, 0.25) is 0 Å². The van der Waals surface area contributed by atoms with Crippen LogP contribution >= 0.6 is 0 Å². The maximum Gasteiger partial charge on any atom is 0.164 e. The molecule has 230 valence electrons. The summed E-state index contributed by atoms with van der Waals surface area (Å²) in [6, 6.07) is 56.6. The number of furan rings is 1. The Morgan fingerprint density at radius 3 is 1.65 bits per heavy atom. The number of hydrogen-bond donors (Lipinski definition) is 0. The van der Waals surface area contributed by atoms with E-state index in [1.54, 1.807) is 6.20 Å². The molecule has 4 heteroatoms. The van der Waals surface area contributed by atoms with Gasteiger partial charge in [0.05, 0.1) is 17.0 Å². The van der Waals surface area contributed by atoms with E-state index < -0.39 is 0 Å². The van der Waals surface area contributed by atoms with Gasteiger partial charge < -0.3 is 4.42 Å². The molecule has 0 amide bonds. The number of pyridine rings is 1. The van der Waals surface area contributed by atoms with E-state index in [0.717, 1.165) is 77.8 Å². The van der Waals surface area contributed by atoms with Crippen molar-refractivity contribution in [2.45, 2.75) is 0 Å². The number of nitrogens with zero attached hydrogens (tertiary/aromatic N) is 3. The smallest absolute Gasteiger partial charge is 0.164 e. The van der Waals surface area contributed by atoms with Crippen molar-refractivity contribution in [3.05, 3.63) is 176 Å². The third-order valence-corrected chi connectivity index (χ3v) is 9.03. The van der Waals surface area contributed by atoms with E-state index in [4.69, 9.17) is 14.4 Å². The van der Waals surface area contributed by atoms with Crippen molar-refractivity contribution >= 4 is 21.9 Å². The Hall–Kier alpha value is -6.65. The van der Waals surface area contributed by atoms with E-state index in [-0.39, 0.29) is 0 Å². The van der Waals surface area contributed by atoms with E-state index in [2.05, 4.69) is 132 Å². The summed E-state index contributed by atoms with van der Waals surface area (Å²) in [6.45, 7) is 0. The molecule has 0 bridgehead atoms. The van der Waals surface area contributed by atoms with Crippen LogP contribution in [0.4, 0.5) is 0 Å². The molecule has 0 spiro atoms. The summed E-state index contributed by atoms with van der Waals surface area (Å²) >= 11 is 0. The second-order valence-electron chi connectivity index (χ2n) is 12.1. The van der Waals surface area contributed by atoms with E-state index in [0.29, 0.717) is 5.82 Å². The van der Waals surface area contributed by atoms with Gasteiger partial charge in [-0.05, 0) is 58.1 Å². The quantitative estimate of drug-likeness (QED) is 0.184. The monoisotopic (exact) mass is 627 g/mol. The molecule has 4 nitrogen and oxygen atoms in total. The summed E-state index contributed by atoms with van der Waals surface area (Å²) in [5, 5.41) is 2.13. The van der Waals surface area contributed by atoms with Gasteiger partial charge in [-0.3, -0.25) is 4.98 Å². The number of para-hydroxylation sites is 2. The first-order valence-corrected chi connectivity index (χ1v) is 16.3. The Kier molecular flexibility index (Phi) is 7.10. The van der Waals surface area contributed by atoms with Gasteiger partial charge in [0, 0.05) is 39.9 Å². The summed E-state index contributed by atoms with van der Waals surface area (Å²) < 4.78 is 6.42. The van der Waals surface area contributed by atoms with Crippen LogP contribution in [0.15, 0.2) is 181 Å². The average Bonchev–Trinajstić information content (AvgIpc) is 3.58. The lowest BCUT2D eigenvalue weighted by atomic mass is 9.98. The standard InChI is InChI=1S/C45H29N3O/c1-2-9-30(10-3-1)31-18-22-33(23-19-31)41-28-42(48-45(47-41)40-16-7-15-39-38-14-4-5-17-43(38)49-44(39)40)34-24-20-32(21-25-34)35-11-6-12-36(27-35)37-13-8-26-46-29-37/h1-29H. The third kappa shape index (κ3) is 5.45. The van der Waals surface area contributed by atoms with Gasteiger partial charge in [-0.15, -0.1) is 0 Å². The van der Waals surface area contributed by atoms with E-state index in [9.17, 15) is 0 Å². The van der Waals surface area contributed by atoms with Gasteiger partial charge in [-0.2, -0.15) is 0 Å². The van der Waals surface area contributed by atoms with Gasteiger partial charge >= 0.3 is 0 Å². The van der Waals surface area contributed by atoms with Crippen molar-refractivity contribution in [2.24, 2.45) is 0 Å². The lowest BCUT2D eigenvalue weighted by Crippen LogP contribution is -1.96. The zero-order chi connectivity index (χ0) is 32.6. The van der Waals surface area contributed by atoms with Crippen molar-refractivity contribution in [3.63, 3.8) is 0 Å². The van der Waals surface area contributed by atoms with Crippen LogP contribution in [0.5, 0.6) is 0 Å². The lowest BCUT2D eigenvalue weighted by Gasteiger charge is -2.11. The molecule has 0 N–H and O–H groups in total. The fraction of sp³-hybridized carbons (Fsp3) is 0. The molecule has 6 aromatic carbocycles. The molecule has 0 atom stereocenters. The van der Waals surface area contributed by atoms with Crippen LogP contribution in [0, 0.1) is 0 Å².